The molecule has 0 radical (unpaired) electrons. The van der Waals surface area contributed by atoms with E-state index in [0.29, 0.717) is 22.0 Å². The molecule has 0 saturated carbocycles. The minimum absolute atomic E-state index is 0.0825. The van der Waals surface area contributed by atoms with Crippen LogP contribution < -0.4 is 10.0 Å². The molecule has 0 aliphatic carbocycles. The second-order valence-corrected chi connectivity index (χ2v) is 9.42. The van der Waals surface area contributed by atoms with Gasteiger partial charge < -0.3 is 5.32 Å². The summed E-state index contributed by atoms with van der Waals surface area (Å²) in [5.41, 5.74) is 2.21. The molecule has 0 bridgehead atoms. The Balaban J connectivity index is 1.76. The van der Waals surface area contributed by atoms with Gasteiger partial charge in [-0.2, -0.15) is 0 Å². The Morgan fingerprint density at radius 3 is 2.39 bits per heavy atom. The molecule has 3 rings (SSSR count). The molecule has 0 aromatic heterocycles. The molecule has 0 fully saturated rings. The predicted octanol–water partition coefficient (Wildman–Crippen LogP) is 5.31. The molecule has 5 nitrogen and oxygen atoms in total. The summed E-state index contributed by atoms with van der Waals surface area (Å²) >= 11 is 8.08. The van der Waals surface area contributed by atoms with E-state index in [-0.39, 0.29) is 10.8 Å². The molecule has 0 saturated heterocycles. The Kier molecular flexibility index (Phi) is 6.26. The van der Waals surface area contributed by atoms with Crippen LogP contribution in [-0.4, -0.2) is 14.3 Å². The first kappa shape index (κ1) is 20.6. The van der Waals surface area contributed by atoms with Gasteiger partial charge in [-0.15, -0.1) is 0 Å². The van der Waals surface area contributed by atoms with Gasteiger partial charge in [0.1, 0.15) is 0 Å². The number of anilines is 2. The quantitative estimate of drug-likeness (QED) is 0.443. The van der Waals surface area contributed by atoms with E-state index in [9.17, 15) is 13.2 Å². The number of rotatable bonds is 5. The van der Waals surface area contributed by atoms with Crippen molar-refractivity contribution in [2.45, 2.75) is 11.8 Å². The maximum atomic E-state index is 12.6. The van der Waals surface area contributed by atoms with Crippen LogP contribution in [0, 0.1) is 10.5 Å². The van der Waals surface area contributed by atoms with Crippen molar-refractivity contribution < 1.29 is 13.2 Å². The van der Waals surface area contributed by atoms with Crippen molar-refractivity contribution in [3.05, 3.63) is 86.4 Å². The van der Waals surface area contributed by atoms with Crippen LogP contribution in [-0.2, 0) is 10.0 Å². The highest BCUT2D eigenvalue weighted by Gasteiger charge is 2.16. The largest absolute Gasteiger partial charge is 0.322 e. The summed E-state index contributed by atoms with van der Waals surface area (Å²) in [6, 6.07) is 18.1. The van der Waals surface area contributed by atoms with Crippen LogP contribution in [0.1, 0.15) is 15.9 Å². The molecule has 0 aliphatic rings. The summed E-state index contributed by atoms with van der Waals surface area (Å²) in [4.78, 5) is 12.4. The van der Waals surface area contributed by atoms with Gasteiger partial charge in [-0.25, -0.2) is 8.42 Å². The highest BCUT2D eigenvalue weighted by atomic mass is 127. The highest BCUT2D eigenvalue weighted by molar-refractivity contribution is 14.1. The molecule has 0 unspecified atom stereocenters. The Labute approximate surface area is 182 Å². The van der Waals surface area contributed by atoms with Gasteiger partial charge in [0.2, 0.25) is 0 Å². The lowest BCUT2D eigenvalue weighted by Crippen LogP contribution is -2.14. The van der Waals surface area contributed by atoms with Crippen LogP contribution in [0.4, 0.5) is 11.4 Å². The third-order valence-corrected chi connectivity index (χ3v) is 6.24. The molecular weight excluding hydrogens is 511 g/mol. The number of sulfonamides is 1. The fraction of sp³-hybridized carbons (Fsp3) is 0.0500. The van der Waals surface area contributed by atoms with Gasteiger partial charge in [-0.05, 0) is 89.7 Å². The van der Waals surface area contributed by atoms with Gasteiger partial charge in [0.25, 0.3) is 15.9 Å². The van der Waals surface area contributed by atoms with Crippen LogP contribution in [0.5, 0.6) is 0 Å². The van der Waals surface area contributed by atoms with Crippen molar-refractivity contribution in [3.63, 3.8) is 0 Å². The molecular formula is C20H16ClIN2O3S. The molecule has 144 valence electrons. The summed E-state index contributed by atoms with van der Waals surface area (Å²) in [6.07, 6.45) is 0. The summed E-state index contributed by atoms with van der Waals surface area (Å²) in [7, 11) is -3.78. The lowest BCUT2D eigenvalue weighted by atomic mass is 10.2. The van der Waals surface area contributed by atoms with E-state index in [2.05, 4.69) is 32.6 Å². The number of carbonyl (C=O) groups is 1. The van der Waals surface area contributed by atoms with Crippen LogP contribution in [0.25, 0.3) is 0 Å². The van der Waals surface area contributed by atoms with Gasteiger partial charge in [0, 0.05) is 19.8 Å². The molecule has 1 amide bonds. The van der Waals surface area contributed by atoms with Gasteiger partial charge in [-0.1, -0.05) is 23.7 Å². The average Bonchev–Trinajstić information content (AvgIpc) is 2.65. The van der Waals surface area contributed by atoms with Crippen molar-refractivity contribution in [1.29, 1.82) is 0 Å². The zero-order valence-corrected chi connectivity index (χ0v) is 18.5. The van der Waals surface area contributed by atoms with Gasteiger partial charge >= 0.3 is 0 Å². The number of halogens is 2. The molecule has 3 aromatic carbocycles. The molecule has 0 spiro atoms. The van der Waals surface area contributed by atoms with E-state index in [1.54, 1.807) is 55.5 Å². The first-order valence-electron chi connectivity index (χ1n) is 8.20. The number of hydrogen-bond acceptors (Lipinski definition) is 3. The fourth-order valence-electron chi connectivity index (χ4n) is 2.46. The molecule has 3 aromatic rings. The second-order valence-electron chi connectivity index (χ2n) is 6.05. The molecule has 0 atom stereocenters. The predicted molar refractivity (Wildman–Crippen MR) is 121 cm³/mol. The standard InChI is InChI=1S/C20H16ClIN2O3S/c1-13-5-6-15(21)12-19(13)24-28(26,27)18-9-7-17(8-10-18)23-20(25)14-3-2-4-16(22)11-14/h2-12,24H,1H3,(H,23,25). The van der Waals surface area contributed by atoms with Gasteiger partial charge in [0.05, 0.1) is 10.6 Å². The van der Waals surface area contributed by atoms with Crippen molar-refractivity contribution >= 4 is 61.5 Å². The zero-order chi connectivity index (χ0) is 20.3. The number of nitrogens with one attached hydrogen (secondary N) is 2. The minimum Gasteiger partial charge on any atom is -0.322 e. The number of aryl methyl sites for hydroxylation is 1. The van der Waals surface area contributed by atoms with E-state index in [4.69, 9.17) is 11.6 Å². The second kappa shape index (κ2) is 8.50. The Bertz CT molecular complexity index is 1130. The summed E-state index contributed by atoms with van der Waals surface area (Å²) in [5, 5.41) is 3.20. The maximum Gasteiger partial charge on any atom is 0.261 e. The number of amides is 1. The van der Waals surface area contributed by atoms with Crippen LogP contribution in [0.3, 0.4) is 0 Å². The Morgan fingerprint density at radius 1 is 1.00 bits per heavy atom. The lowest BCUT2D eigenvalue weighted by molar-refractivity contribution is 0.102. The molecule has 0 aliphatic heterocycles. The first-order valence-corrected chi connectivity index (χ1v) is 11.1. The van der Waals surface area contributed by atoms with Gasteiger partial charge in [-0.3, -0.25) is 9.52 Å². The van der Waals surface area contributed by atoms with E-state index in [1.807, 2.05) is 6.07 Å². The zero-order valence-electron chi connectivity index (χ0n) is 14.7. The number of carbonyl (C=O) groups excluding carboxylic acids is 1. The molecule has 28 heavy (non-hydrogen) atoms. The van der Waals surface area contributed by atoms with E-state index in [0.717, 1.165) is 9.13 Å². The Hall–Kier alpha value is -2.10. The van der Waals surface area contributed by atoms with Crippen LogP contribution in [0.2, 0.25) is 5.02 Å². The van der Waals surface area contributed by atoms with E-state index in [1.165, 1.54) is 12.1 Å². The van der Waals surface area contributed by atoms with Crippen molar-refractivity contribution in [2.24, 2.45) is 0 Å². The van der Waals surface area contributed by atoms with Crippen molar-refractivity contribution in [3.8, 4) is 0 Å². The third-order valence-electron chi connectivity index (χ3n) is 3.95. The fourth-order valence-corrected chi connectivity index (χ4v) is 4.30. The molecule has 8 heteroatoms. The molecule has 0 heterocycles. The minimum atomic E-state index is -3.78. The van der Waals surface area contributed by atoms with Crippen molar-refractivity contribution in [2.75, 3.05) is 10.0 Å². The smallest absolute Gasteiger partial charge is 0.261 e. The maximum absolute atomic E-state index is 12.6. The van der Waals surface area contributed by atoms with E-state index >= 15 is 0 Å². The SMILES string of the molecule is Cc1ccc(Cl)cc1NS(=O)(=O)c1ccc(NC(=O)c2cccc(I)c2)cc1. The lowest BCUT2D eigenvalue weighted by Gasteiger charge is -2.12. The molecule has 2 N–H and O–H groups in total. The third kappa shape index (κ3) is 5.03. The topological polar surface area (TPSA) is 75.3 Å². The summed E-state index contributed by atoms with van der Waals surface area (Å²) < 4.78 is 28.7. The first-order chi connectivity index (χ1) is 13.2. The normalized spacial score (nSPS) is 11.1. The van der Waals surface area contributed by atoms with Gasteiger partial charge in [0.15, 0.2) is 0 Å². The van der Waals surface area contributed by atoms with Crippen LogP contribution >= 0.6 is 34.2 Å². The van der Waals surface area contributed by atoms with Crippen molar-refractivity contribution in [1.82, 2.24) is 0 Å². The van der Waals surface area contributed by atoms with Crippen LogP contribution in [0.15, 0.2) is 71.6 Å². The number of hydrogen-bond donors (Lipinski definition) is 2. The average molecular weight is 527 g/mol. The summed E-state index contributed by atoms with van der Waals surface area (Å²) in [6.45, 7) is 1.79. The van der Waals surface area contributed by atoms with E-state index < -0.39 is 10.0 Å². The Morgan fingerprint density at radius 2 is 1.71 bits per heavy atom. The number of benzene rings is 3. The monoisotopic (exact) mass is 526 g/mol. The highest BCUT2D eigenvalue weighted by Crippen LogP contribution is 2.24. The summed E-state index contributed by atoms with van der Waals surface area (Å²) in [5.74, 6) is -0.262.